The van der Waals surface area contributed by atoms with Gasteiger partial charge in [0.05, 0.1) is 15.7 Å². The van der Waals surface area contributed by atoms with E-state index >= 15 is 0 Å². The minimum Gasteiger partial charge on any atom is -0.383 e. The summed E-state index contributed by atoms with van der Waals surface area (Å²) in [5, 5.41) is 4.88. The number of halogens is 3. The molecule has 0 spiro atoms. The molecule has 5 heteroatoms. The monoisotopic (exact) mass is 280 g/mol. The Balaban J connectivity index is 2.54. The molecule has 0 amide bonds. The number of hydrogen-bond donors (Lipinski definition) is 1. The molecule has 0 aliphatic carbocycles. The largest absolute Gasteiger partial charge is 0.383 e. The molecule has 0 radical (unpaired) electrons. The average molecular weight is 282 g/mol. The highest BCUT2D eigenvalue weighted by Gasteiger charge is 2.06. The molecule has 0 aliphatic heterocycles. The highest BCUT2D eigenvalue weighted by atomic mass is 35.5. The first kappa shape index (κ1) is 13.9. The van der Waals surface area contributed by atoms with E-state index in [1.807, 2.05) is 14.1 Å². The first-order chi connectivity index (χ1) is 7.50. The van der Waals surface area contributed by atoms with Gasteiger partial charge in [0, 0.05) is 11.6 Å². The lowest BCUT2D eigenvalue weighted by atomic mass is 10.3. The summed E-state index contributed by atoms with van der Waals surface area (Å²) in [6.45, 7) is 1.86. The molecule has 16 heavy (non-hydrogen) atoms. The second-order valence-electron chi connectivity index (χ2n) is 3.83. The van der Waals surface area contributed by atoms with Gasteiger partial charge in [-0.05, 0) is 39.2 Å². The molecule has 1 N–H and O–H groups in total. The fourth-order valence-corrected chi connectivity index (χ4v) is 2.27. The van der Waals surface area contributed by atoms with Crippen molar-refractivity contribution < 1.29 is 0 Å². The van der Waals surface area contributed by atoms with Crippen LogP contribution in [0.2, 0.25) is 15.1 Å². The van der Waals surface area contributed by atoms with Crippen molar-refractivity contribution in [3.8, 4) is 0 Å². The van der Waals surface area contributed by atoms with Crippen molar-refractivity contribution in [2.45, 2.75) is 6.42 Å². The van der Waals surface area contributed by atoms with Gasteiger partial charge in [-0.2, -0.15) is 0 Å². The van der Waals surface area contributed by atoms with E-state index in [4.69, 9.17) is 34.8 Å². The van der Waals surface area contributed by atoms with Gasteiger partial charge in [-0.1, -0.05) is 34.8 Å². The number of hydrogen-bond acceptors (Lipinski definition) is 2. The number of benzene rings is 1. The van der Waals surface area contributed by atoms with E-state index in [0.717, 1.165) is 25.2 Å². The molecule has 1 rings (SSSR count). The van der Waals surface area contributed by atoms with Crippen LogP contribution in [0.4, 0.5) is 5.69 Å². The molecular weight excluding hydrogens is 266 g/mol. The lowest BCUT2D eigenvalue weighted by Gasteiger charge is -2.13. The number of rotatable bonds is 5. The Kier molecular flexibility index (Phi) is 5.70. The molecule has 0 aliphatic rings. The van der Waals surface area contributed by atoms with E-state index in [-0.39, 0.29) is 0 Å². The van der Waals surface area contributed by atoms with Gasteiger partial charge < -0.3 is 10.2 Å². The average Bonchev–Trinajstić information content (AvgIpc) is 2.14. The highest BCUT2D eigenvalue weighted by Crippen LogP contribution is 2.33. The molecule has 0 heterocycles. The fraction of sp³-hybridized carbons (Fsp3) is 0.455. The first-order valence-corrected chi connectivity index (χ1v) is 6.17. The minimum absolute atomic E-state index is 0.550. The van der Waals surface area contributed by atoms with Crippen molar-refractivity contribution in [2.24, 2.45) is 0 Å². The predicted octanol–water partition coefficient (Wildman–Crippen LogP) is 4.01. The maximum absolute atomic E-state index is 6.03. The third kappa shape index (κ3) is 4.38. The van der Waals surface area contributed by atoms with E-state index < -0.39 is 0 Å². The summed E-state index contributed by atoms with van der Waals surface area (Å²) in [4.78, 5) is 2.13. The lowest BCUT2D eigenvalue weighted by molar-refractivity contribution is 0.405. The third-order valence-electron chi connectivity index (χ3n) is 2.09. The second kappa shape index (κ2) is 6.55. The summed E-state index contributed by atoms with van der Waals surface area (Å²) >= 11 is 17.9. The maximum atomic E-state index is 6.03. The highest BCUT2D eigenvalue weighted by molar-refractivity contribution is 6.41. The zero-order valence-electron chi connectivity index (χ0n) is 9.36. The summed E-state index contributed by atoms with van der Waals surface area (Å²) in [5.74, 6) is 0. The molecule has 0 fully saturated rings. The van der Waals surface area contributed by atoms with Crippen LogP contribution in [0, 0.1) is 0 Å². The molecule has 90 valence electrons. The minimum atomic E-state index is 0.550. The van der Waals surface area contributed by atoms with Gasteiger partial charge in [0.25, 0.3) is 0 Å². The molecule has 0 aromatic heterocycles. The topological polar surface area (TPSA) is 15.3 Å². The van der Waals surface area contributed by atoms with Crippen molar-refractivity contribution in [3.63, 3.8) is 0 Å². The van der Waals surface area contributed by atoms with Gasteiger partial charge in [-0.25, -0.2) is 0 Å². The summed E-state index contributed by atoms with van der Waals surface area (Å²) < 4.78 is 0. The summed E-state index contributed by atoms with van der Waals surface area (Å²) in [6, 6.07) is 3.37. The molecule has 0 atom stereocenters. The van der Waals surface area contributed by atoms with Gasteiger partial charge in [-0.15, -0.1) is 0 Å². The van der Waals surface area contributed by atoms with Crippen LogP contribution in [0.15, 0.2) is 12.1 Å². The Hall–Kier alpha value is -0.150. The quantitative estimate of drug-likeness (QED) is 0.820. The van der Waals surface area contributed by atoms with Gasteiger partial charge in [0.1, 0.15) is 0 Å². The first-order valence-electron chi connectivity index (χ1n) is 5.04. The van der Waals surface area contributed by atoms with E-state index in [9.17, 15) is 0 Å². The normalized spacial score (nSPS) is 10.9. The zero-order valence-corrected chi connectivity index (χ0v) is 11.6. The van der Waals surface area contributed by atoms with Gasteiger partial charge in [-0.3, -0.25) is 0 Å². The SMILES string of the molecule is CN(C)CCCNc1c(Cl)cc(Cl)cc1Cl. The van der Waals surface area contributed by atoms with Gasteiger partial charge in [0.15, 0.2) is 0 Å². The molecule has 2 nitrogen and oxygen atoms in total. The number of nitrogens with zero attached hydrogens (tertiary/aromatic N) is 1. The Morgan fingerprint density at radius 3 is 2.19 bits per heavy atom. The van der Waals surface area contributed by atoms with Crippen molar-refractivity contribution in [2.75, 3.05) is 32.5 Å². The van der Waals surface area contributed by atoms with Crippen LogP contribution < -0.4 is 5.32 Å². The Labute approximate surface area is 111 Å². The van der Waals surface area contributed by atoms with E-state index in [1.165, 1.54) is 0 Å². The molecule has 0 bridgehead atoms. The number of anilines is 1. The standard InChI is InChI=1S/C11H15Cl3N2/c1-16(2)5-3-4-15-11-9(13)6-8(12)7-10(11)14/h6-7,15H,3-5H2,1-2H3. The predicted molar refractivity (Wildman–Crippen MR) is 73.1 cm³/mol. The van der Waals surface area contributed by atoms with Crippen LogP contribution in [0.3, 0.4) is 0 Å². The van der Waals surface area contributed by atoms with Crippen molar-refractivity contribution in [1.29, 1.82) is 0 Å². The van der Waals surface area contributed by atoms with E-state index in [0.29, 0.717) is 15.1 Å². The van der Waals surface area contributed by atoms with Crippen molar-refractivity contribution >= 4 is 40.5 Å². The fourth-order valence-electron chi connectivity index (χ4n) is 1.32. The summed E-state index contributed by atoms with van der Waals surface area (Å²) in [5.41, 5.74) is 0.756. The zero-order chi connectivity index (χ0) is 12.1. The summed E-state index contributed by atoms with van der Waals surface area (Å²) in [6.07, 6.45) is 1.03. The number of nitrogens with one attached hydrogen (secondary N) is 1. The maximum Gasteiger partial charge on any atom is 0.0720 e. The Morgan fingerprint density at radius 2 is 1.69 bits per heavy atom. The smallest absolute Gasteiger partial charge is 0.0720 e. The lowest BCUT2D eigenvalue weighted by Crippen LogP contribution is -2.16. The second-order valence-corrected chi connectivity index (χ2v) is 5.08. The van der Waals surface area contributed by atoms with Crippen molar-refractivity contribution in [1.82, 2.24) is 4.90 Å². The molecule has 0 saturated carbocycles. The van der Waals surface area contributed by atoms with Crippen LogP contribution in [0.1, 0.15) is 6.42 Å². The molecule has 0 saturated heterocycles. The van der Waals surface area contributed by atoms with Crippen LogP contribution in [0.5, 0.6) is 0 Å². The van der Waals surface area contributed by atoms with Crippen LogP contribution >= 0.6 is 34.8 Å². The molecule has 1 aromatic rings. The Bertz CT molecular complexity index is 330. The Morgan fingerprint density at radius 1 is 1.12 bits per heavy atom. The molecule has 1 aromatic carbocycles. The van der Waals surface area contributed by atoms with Crippen molar-refractivity contribution in [3.05, 3.63) is 27.2 Å². The van der Waals surface area contributed by atoms with Crippen LogP contribution in [-0.4, -0.2) is 32.1 Å². The van der Waals surface area contributed by atoms with Crippen LogP contribution in [0.25, 0.3) is 0 Å². The van der Waals surface area contributed by atoms with Crippen LogP contribution in [-0.2, 0) is 0 Å². The van der Waals surface area contributed by atoms with E-state index in [1.54, 1.807) is 12.1 Å². The molecule has 0 unspecified atom stereocenters. The van der Waals surface area contributed by atoms with Gasteiger partial charge >= 0.3 is 0 Å². The third-order valence-corrected chi connectivity index (χ3v) is 2.91. The van der Waals surface area contributed by atoms with Gasteiger partial charge in [0.2, 0.25) is 0 Å². The molecular formula is C11H15Cl3N2. The summed E-state index contributed by atoms with van der Waals surface area (Å²) in [7, 11) is 4.09. The van der Waals surface area contributed by atoms with E-state index in [2.05, 4.69) is 10.2 Å².